The maximum atomic E-state index is 12.3. The largest absolute Gasteiger partial charge is 0.356 e. The third kappa shape index (κ3) is 7.12. The van der Waals surface area contributed by atoms with E-state index in [0.29, 0.717) is 23.4 Å². The third-order valence-electron chi connectivity index (χ3n) is 5.47. The minimum atomic E-state index is -0.0996. The summed E-state index contributed by atoms with van der Waals surface area (Å²) in [6, 6.07) is 11.0. The molecule has 1 aromatic carbocycles. The highest BCUT2D eigenvalue weighted by Crippen LogP contribution is 2.24. The summed E-state index contributed by atoms with van der Waals surface area (Å²) in [5, 5.41) is 8.14. The number of amides is 2. The molecule has 31 heavy (non-hydrogen) atoms. The van der Waals surface area contributed by atoms with Crippen molar-refractivity contribution in [3.8, 4) is 0 Å². The fourth-order valence-electron chi connectivity index (χ4n) is 3.65. The molecule has 3 rings (SSSR count). The van der Waals surface area contributed by atoms with Gasteiger partial charge in [-0.1, -0.05) is 44.2 Å². The standard InChI is InChI=1S/C23H33N5O2S/c1-17(2)22(30)26-23-25-19(16-31-23)14-21(29)24-10-7-11-28-13-12-27(3)15-20(28)18-8-5-4-6-9-18/h4-6,8-9,16-17,20H,7,10-15H2,1-3H3,(H,24,29)(H,25,26,30). The lowest BCUT2D eigenvalue weighted by atomic mass is 10.0. The second kappa shape index (κ2) is 11.4. The van der Waals surface area contributed by atoms with E-state index in [9.17, 15) is 9.59 Å². The highest BCUT2D eigenvalue weighted by molar-refractivity contribution is 7.13. The molecule has 2 heterocycles. The quantitative estimate of drug-likeness (QED) is 0.583. The van der Waals surface area contributed by atoms with Gasteiger partial charge < -0.3 is 15.5 Å². The van der Waals surface area contributed by atoms with Crippen LogP contribution in [0.2, 0.25) is 0 Å². The molecule has 1 fully saturated rings. The van der Waals surface area contributed by atoms with Gasteiger partial charge in [0.2, 0.25) is 11.8 Å². The Morgan fingerprint density at radius 1 is 1.23 bits per heavy atom. The molecule has 1 aliphatic rings. The first-order valence-corrected chi connectivity index (χ1v) is 11.8. The van der Waals surface area contributed by atoms with Crippen molar-refractivity contribution in [1.82, 2.24) is 20.1 Å². The van der Waals surface area contributed by atoms with Crippen LogP contribution in [-0.4, -0.2) is 66.4 Å². The average molecular weight is 444 g/mol. The van der Waals surface area contributed by atoms with Crippen LogP contribution in [0.25, 0.3) is 0 Å². The van der Waals surface area contributed by atoms with E-state index in [4.69, 9.17) is 0 Å². The summed E-state index contributed by atoms with van der Waals surface area (Å²) in [4.78, 5) is 33.3. The zero-order valence-electron chi connectivity index (χ0n) is 18.6. The molecule has 0 saturated carbocycles. The predicted molar refractivity (Wildman–Crippen MR) is 125 cm³/mol. The predicted octanol–water partition coefficient (Wildman–Crippen LogP) is 2.78. The van der Waals surface area contributed by atoms with Crippen LogP contribution in [-0.2, 0) is 16.0 Å². The molecule has 1 unspecified atom stereocenters. The minimum absolute atomic E-state index is 0.0370. The van der Waals surface area contributed by atoms with Crippen LogP contribution in [0.1, 0.15) is 37.6 Å². The Balaban J connectivity index is 1.41. The van der Waals surface area contributed by atoms with Gasteiger partial charge in [0.05, 0.1) is 12.1 Å². The summed E-state index contributed by atoms with van der Waals surface area (Å²) in [7, 11) is 2.17. The maximum absolute atomic E-state index is 12.3. The van der Waals surface area contributed by atoms with Crippen LogP contribution in [0.5, 0.6) is 0 Å². The molecule has 0 bridgehead atoms. The number of piperazine rings is 1. The first kappa shape index (κ1) is 23.4. The van der Waals surface area contributed by atoms with E-state index >= 15 is 0 Å². The molecular weight excluding hydrogens is 410 g/mol. The number of aromatic nitrogens is 1. The van der Waals surface area contributed by atoms with Crippen LogP contribution in [0.4, 0.5) is 5.13 Å². The average Bonchev–Trinajstić information content (AvgIpc) is 3.19. The van der Waals surface area contributed by atoms with Crippen LogP contribution in [0, 0.1) is 5.92 Å². The maximum Gasteiger partial charge on any atom is 0.228 e. The van der Waals surface area contributed by atoms with E-state index in [1.165, 1.54) is 16.9 Å². The first-order valence-electron chi connectivity index (χ1n) is 10.9. The third-order valence-corrected chi connectivity index (χ3v) is 6.28. The number of hydrogen-bond donors (Lipinski definition) is 2. The summed E-state index contributed by atoms with van der Waals surface area (Å²) < 4.78 is 0. The normalized spacial score (nSPS) is 17.6. The zero-order valence-corrected chi connectivity index (χ0v) is 19.5. The number of thiazole rings is 1. The smallest absolute Gasteiger partial charge is 0.228 e. The first-order chi connectivity index (χ1) is 14.9. The highest BCUT2D eigenvalue weighted by Gasteiger charge is 2.25. The number of nitrogens with zero attached hydrogens (tertiary/aromatic N) is 3. The second-order valence-electron chi connectivity index (χ2n) is 8.39. The Morgan fingerprint density at radius 3 is 2.74 bits per heavy atom. The van der Waals surface area contributed by atoms with Crippen LogP contribution in [0.15, 0.2) is 35.7 Å². The monoisotopic (exact) mass is 443 g/mol. The Bertz CT molecular complexity index is 855. The topological polar surface area (TPSA) is 77.6 Å². The molecule has 2 amide bonds. The Morgan fingerprint density at radius 2 is 2.00 bits per heavy atom. The summed E-state index contributed by atoms with van der Waals surface area (Å²) >= 11 is 1.35. The van der Waals surface area contributed by atoms with Crippen molar-refractivity contribution in [3.63, 3.8) is 0 Å². The molecule has 0 spiro atoms. The molecule has 1 saturated heterocycles. The number of hydrogen-bond acceptors (Lipinski definition) is 6. The Labute approximate surface area is 188 Å². The molecule has 1 aliphatic heterocycles. The van der Waals surface area contributed by atoms with Gasteiger partial charge in [0, 0.05) is 50.1 Å². The molecule has 0 radical (unpaired) electrons. The van der Waals surface area contributed by atoms with E-state index in [-0.39, 0.29) is 24.2 Å². The summed E-state index contributed by atoms with van der Waals surface area (Å²) in [5.41, 5.74) is 2.03. The number of carbonyl (C=O) groups is 2. The molecule has 2 N–H and O–H groups in total. The molecule has 2 aromatic rings. The second-order valence-corrected chi connectivity index (χ2v) is 9.25. The molecule has 1 atom stereocenters. The van der Waals surface area contributed by atoms with E-state index in [1.807, 2.05) is 19.2 Å². The van der Waals surface area contributed by atoms with Gasteiger partial charge in [0.1, 0.15) is 0 Å². The fraction of sp³-hybridized carbons (Fsp3) is 0.522. The number of anilines is 1. The number of likely N-dealkylation sites (N-methyl/N-ethyl adjacent to an activating group) is 1. The van der Waals surface area contributed by atoms with Gasteiger partial charge in [0.15, 0.2) is 5.13 Å². The highest BCUT2D eigenvalue weighted by atomic mass is 32.1. The van der Waals surface area contributed by atoms with E-state index in [0.717, 1.165) is 32.6 Å². The van der Waals surface area contributed by atoms with Crippen molar-refractivity contribution in [3.05, 3.63) is 47.0 Å². The lowest BCUT2D eigenvalue weighted by Crippen LogP contribution is -2.47. The molecule has 0 aliphatic carbocycles. The number of benzene rings is 1. The van der Waals surface area contributed by atoms with Gasteiger partial charge >= 0.3 is 0 Å². The van der Waals surface area contributed by atoms with E-state index in [2.05, 4.69) is 62.8 Å². The number of nitrogens with one attached hydrogen (secondary N) is 2. The molecule has 7 nitrogen and oxygen atoms in total. The van der Waals surface area contributed by atoms with Crippen molar-refractivity contribution >= 4 is 28.3 Å². The van der Waals surface area contributed by atoms with Gasteiger partial charge in [-0.2, -0.15) is 0 Å². The Kier molecular flexibility index (Phi) is 8.57. The molecule has 1 aromatic heterocycles. The van der Waals surface area contributed by atoms with Crippen molar-refractivity contribution in [2.75, 3.05) is 45.1 Å². The van der Waals surface area contributed by atoms with Crippen molar-refractivity contribution in [2.24, 2.45) is 5.92 Å². The molecular formula is C23H33N5O2S. The Hall–Kier alpha value is -2.29. The van der Waals surface area contributed by atoms with E-state index in [1.54, 1.807) is 0 Å². The van der Waals surface area contributed by atoms with Gasteiger partial charge in [-0.15, -0.1) is 11.3 Å². The SMILES string of the molecule is CC(C)C(=O)Nc1nc(CC(=O)NCCCN2CCN(C)CC2c2ccccc2)cs1. The van der Waals surface area contributed by atoms with Crippen molar-refractivity contribution in [2.45, 2.75) is 32.7 Å². The summed E-state index contributed by atoms with van der Waals surface area (Å²) in [5.74, 6) is -0.203. The lowest BCUT2D eigenvalue weighted by molar-refractivity contribution is -0.120. The summed E-state index contributed by atoms with van der Waals surface area (Å²) in [6.45, 7) is 8.39. The minimum Gasteiger partial charge on any atom is -0.356 e. The lowest BCUT2D eigenvalue weighted by Gasteiger charge is -2.40. The van der Waals surface area contributed by atoms with Gasteiger partial charge in [-0.25, -0.2) is 4.98 Å². The van der Waals surface area contributed by atoms with Gasteiger partial charge in [-0.3, -0.25) is 14.5 Å². The van der Waals surface area contributed by atoms with E-state index < -0.39 is 0 Å². The van der Waals surface area contributed by atoms with Crippen LogP contribution < -0.4 is 10.6 Å². The van der Waals surface area contributed by atoms with Gasteiger partial charge in [-0.05, 0) is 19.0 Å². The summed E-state index contributed by atoms with van der Waals surface area (Å²) in [6.07, 6.45) is 1.14. The fourth-order valence-corrected chi connectivity index (χ4v) is 4.36. The van der Waals surface area contributed by atoms with Gasteiger partial charge in [0.25, 0.3) is 0 Å². The number of rotatable bonds is 9. The van der Waals surface area contributed by atoms with Crippen LogP contribution >= 0.6 is 11.3 Å². The van der Waals surface area contributed by atoms with Crippen molar-refractivity contribution in [1.29, 1.82) is 0 Å². The number of carbonyl (C=O) groups excluding carboxylic acids is 2. The zero-order chi connectivity index (χ0) is 22.2. The molecule has 8 heteroatoms. The molecule has 168 valence electrons. The van der Waals surface area contributed by atoms with Crippen LogP contribution in [0.3, 0.4) is 0 Å². The van der Waals surface area contributed by atoms with Crippen molar-refractivity contribution < 1.29 is 9.59 Å².